The van der Waals surface area contributed by atoms with Gasteiger partial charge in [0.25, 0.3) is 0 Å². The topological polar surface area (TPSA) is 63.9 Å². The molecule has 0 saturated carbocycles. The van der Waals surface area contributed by atoms with Crippen LogP contribution in [0.3, 0.4) is 0 Å². The molecule has 1 aliphatic rings. The van der Waals surface area contributed by atoms with E-state index in [0.717, 1.165) is 49.3 Å². The summed E-state index contributed by atoms with van der Waals surface area (Å²) in [5.74, 6) is 0.612. The van der Waals surface area contributed by atoms with Gasteiger partial charge in [0, 0.05) is 51.2 Å². The monoisotopic (exact) mass is 299 g/mol. The molecule has 0 spiro atoms. The molecule has 0 aliphatic carbocycles. The minimum absolute atomic E-state index is 0.163. The summed E-state index contributed by atoms with van der Waals surface area (Å²) >= 11 is 0. The average molecular weight is 299 g/mol. The molecule has 1 aliphatic heterocycles. The highest BCUT2D eigenvalue weighted by Gasteiger charge is 2.23. The van der Waals surface area contributed by atoms with Crippen LogP contribution in [0.15, 0.2) is 24.8 Å². The highest BCUT2D eigenvalue weighted by Crippen LogP contribution is 2.25. The second-order valence-electron chi connectivity index (χ2n) is 5.93. The third-order valence-electron chi connectivity index (χ3n) is 4.20. The summed E-state index contributed by atoms with van der Waals surface area (Å²) in [7, 11) is 1.89. The number of piperidine rings is 1. The van der Waals surface area contributed by atoms with Crippen molar-refractivity contribution in [2.75, 3.05) is 13.1 Å². The third-order valence-corrected chi connectivity index (χ3v) is 4.20. The van der Waals surface area contributed by atoms with E-state index in [1.807, 2.05) is 24.3 Å². The first-order valence-electron chi connectivity index (χ1n) is 7.68. The number of nitrogens with zero attached hydrogens (tertiary/aromatic N) is 5. The molecule has 3 rings (SSSR count). The van der Waals surface area contributed by atoms with E-state index in [4.69, 9.17) is 0 Å². The molecule has 1 saturated heterocycles. The predicted octanol–water partition coefficient (Wildman–Crippen LogP) is 1.68. The van der Waals surface area contributed by atoms with E-state index in [9.17, 15) is 4.79 Å². The normalized spacial score (nSPS) is 18.5. The van der Waals surface area contributed by atoms with Gasteiger partial charge in [0.2, 0.25) is 5.91 Å². The van der Waals surface area contributed by atoms with Gasteiger partial charge in [0.05, 0.1) is 17.6 Å². The minimum Gasteiger partial charge on any atom is -0.343 e. The van der Waals surface area contributed by atoms with Gasteiger partial charge in [-0.3, -0.25) is 19.4 Å². The fourth-order valence-electron chi connectivity index (χ4n) is 3.09. The van der Waals surface area contributed by atoms with Crippen LogP contribution >= 0.6 is 0 Å². The van der Waals surface area contributed by atoms with E-state index >= 15 is 0 Å². The number of carbonyl (C=O) groups is 1. The smallest absolute Gasteiger partial charge is 0.219 e. The lowest BCUT2D eigenvalue weighted by molar-refractivity contribution is -0.130. The van der Waals surface area contributed by atoms with Gasteiger partial charge in [-0.2, -0.15) is 5.10 Å². The summed E-state index contributed by atoms with van der Waals surface area (Å²) in [4.78, 5) is 22.5. The maximum atomic E-state index is 11.6. The van der Waals surface area contributed by atoms with Crippen LogP contribution in [0.25, 0.3) is 11.3 Å². The lowest BCUT2D eigenvalue weighted by Crippen LogP contribution is -2.39. The van der Waals surface area contributed by atoms with E-state index in [1.165, 1.54) is 0 Å². The molecule has 116 valence electrons. The Labute approximate surface area is 130 Å². The molecular weight excluding hydrogens is 278 g/mol. The van der Waals surface area contributed by atoms with E-state index in [-0.39, 0.29) is 5.91 Å². The second-order valence-corrected chi connectivity index (χ2v) is 5.93. The largest absolute Gasteiger partial charge is 0.343 e. The molecule has 3 heterocycles. The molecule has 6 nitrogen and oxygen atoms in total. The van der Waals surface area contributed by atoms with Gasteiger partial charge in [0.15, 0.2) is 0 Å². The SMILES string of the molecule is CC(=O)N1CCC[C@@H](Cc2nccnc2-c2cnn(C)c2)C1. The van der Waals surface area contributed by atoms with Gasteiger partial charge in [-0.1, -0.05) is 0 Å². The standard InChI is InChI=1S/C16H21N5O/c1-12(22)21-7-3-4-13(10-21)8-15-16(18-6-5-17-15)14-9-19-20(2)11-14/h5-6,9,11,13H,3-4,7-8,10H2,1-2H3/t13-/m0/s1. The Hall–Kier alpha value is -2.24. The van der Waals surface area contributed by atoms with Crippen LogP contribution in [0.2, 0.25) is 0 Å². The van der Waals surface area contributed by atoms with Gasteiger partial charge in [-0.15, -0.1) is 0 Å². The molecule has 0 aromatic carbocycles. The van der Waals surface area contributed by atoms with Gasteiger partial charge in [-0.05, 0) is 25.2 Å². The zero-order chi connectivity index (χ0) is 15.5. The Morgan fingerprint density at radius 1 is 1.36 bits per heavy atom. The highest BCUT2D eigenvalue weighted by molar-refractivity contribution is 5.73. The number of hydrogen-bond acceptors (Lipinski definition) is 4. The molecule has 1 atom stereocenters. The lowest BCUT2D eigenvalue weighted by Gasteiger charge is -2.32. The minimum atomic E-state index is 0.163. The van der Waals surface area contributed by atoms with Crippen molar-refractivity contribution in [2.45, 2.75) is 26.2 Å². The summed E-state index contributed by atoms with van der Waals surface area (Å²) in [5, 5.41) is 4.21. The quantitative estimate of drug-likeness (QED) is 0.865. The fraction of sp³-hybridized carbons (Fsp3) is 0.500. The maximum Gasteiger partial charge on any atom is 0.219 e. The van der Waals surface area contributed by atoms with Crippen molar-refractivity contribution < 1.29 is 4.79 Å². The predicted molar refractivity (Wildman–Crippen MR) is 82.9 cm³/mol. The van der Waals surface area contributed by atoms with Crippen LogP contribution < -0.4 is 0 Å². The number of hydrogen-bond donors (Lipinski definition) is 0. The molecule has 0 N–H and O–H groups in total. The van der Waals surface area contributed by atoms with Crippen molar-refractivity contribution in [1.29, 1.82) is 0 Å². The fourth-order valence-corrected chi connectivity index (χ4v) is 3.09. The maximum absolute atomic E-state index is 11.6. The van der Waals surface area contributed by atoms with Crippen molar-refractivity contribution in [2.24, 2.45) is 13.0 Å². The Bertz CT molecular complexity index is 666. The molecule has 2 aromatic rings. The average Bonchev–Trinajstić information content (AvgIpc) is 2.94. The molecule has 1 fully saturated rings. The molecule has 22 heavy (non-hydrogen) atoms. The molecular formula is C16H21N5O. The Morgan fingerprint density at radius 2 is 2.18 bits per heavy atom. The van der Waals surface area contributed by atoms with Crippen LogP contribution in [0.5, 0.6) is 0 Å². The van der Waals surface area contributed by atoms with Gasteiger partial charge >= 0.3 is 0 Å². The summed E-state index contributed by atoms with van der Waals surface area (Å²) in [5.41, 5.74) is 2.88. The zero-order valence-electron chi connectivity index (χ0n) is 13.1. The molecule has 1 amide bonds. The van der Waals surface area contributed by atoms with Crippen LogP contribution in [-0.2, 0) is 18.3 Å². The Kier molecular flexibility index (Phi) is 4.18. The number of amides is 1. The van der Waals surface area contributed by atoms with Crippen molar-refractivity contribution in [1.82, 2.24) is 24.6 Å². The number of rotatable bonds is 3. The molecule has 6 heteroatoms. The van der Waals surface area contributed by atoms with Crippen molar-refractivity contribution >= 4 is 5.91 Å². The lowest BCUT2D eigenvalue weighted by atomic mass is 9.92. The summed E-state index contributed by atoms with van der Waals surface area (Å²) in [6, 6.07) is 0. The zero-order valence-corrected chi connectivity index (χ0v) is 13.1. The summed E-state index contributed by atoms with van der Waals surface area (Å²) in [6.07, 6.45) is 10.3. The molecule has 0 radical (unpaired) electrons. The summed E-state index contributed by atoms with van der Waals surface area (Å²) < 4.78 is 1.77. The first-order chi connectivity index (χ1) is 10.6. The van der Waals surface area contributed by atoms with Gasteiger partial charge in [0.1, 0.15) is 0 Å². The molecule has 0 bridgehead atoms. The van der Waals surface area contributed by atoms with Crippen LogP contribution in [0, 0.1) is 5.92 Å². The van der Waals surface area contributed by atoms with E-state index in [0.29, 0.717) is 5.92 Å². The number of aryl methyl sites for hydroxylation is 1. The molecule has 2 aromatic heterocycles. The Morgan fingerprint density at radius 3 is 2.91 bits per heavy atom. The van der Waals surface area contributed by atoms with E-state index in [1.54, 1.807) is 24.0 Å². The second kappa shape index (κ2) is 6.25. The molecule has 0 unspecified atom stereocenters. The van der Waals surface area contributed by atoms with Crippen LogP contribution in [0.4, 0.5) is 0 Å². The first kappa shape index (κ1) is 14.7. The first-order valence-corrected chi connectivity index (χ1v) is 7.68. The number of carbonyl (C=O) groups excluding carboxylic acids is 1. The summed E-state index contributed by atoms with van der Waals surface area (Å²) in [6.45, 7) is 3.34. The van der Waals surface area contributed by atoms with Crippen molar-refractivity contribution in [3.63, 3.8) is 0 Å². The number of likely N-dealkylation sites (tertiary alicyclic amines) is 1. The van der Waals surface area contributed by atoms with Crippen molar-refractivity contribution in [3.8, 4) is 11.3 Å². The van der Waals surface area contributed by atoms with Crippen molar-refractivity contribution in [3.05, 3.63) is 30.5 Å². The van der Waals surface area contributed by atoms with Gasteiger partial charge < -0.3 is 4.90 Å². The van der Waals surface area contributed by atoms with Gasteiger partial charge in [-0.25, -0.2) is 0 Å². The third kappa shape index (κ3) is 3.16. The van der Waals surface area contributed by atoms with E-state index < -0.39 is 0 Å². The Balaban J connectivity index is 1.79. The number of aromatic nitrogens is 4. The van der Waals surface area contributed by atoms with Crippen LogP contribution in [0.1, 0.15) is 25.5 Å². The highest BCUT2D eigenvalue weighted by atomic mass is 16.2. The van der Waals surface area contributed by atoms with Crippen LogP contribution in [-0.4, -0.2) is 43.6 Å². The van der Waals surface area contributed by atoms with E-state index in [2.05, 4.69) is 15.1 Å².